The molecule has 5 rings (SSSR count). The Labute approximate surface area is 248 Å². The lowest BCUT2D eigenvalue weighted by Crippen LogP contribution is -2.47. The first kappa shape index (κ1) is 29.9. The van der Waals surface area contributed by atoms with Gasteiger partial charge < -0.3 is 20.1 Å². The first-order valence-corrected chi connectivity index (χ1v) is 15.0. The van der Waals surface area contributed by atoms with E-state index in [1.54, 1.807) is 42.7 Å². The molecule has 0 spiro atoms. The smallest absolute Gasteiger partial charge is 0.407 e. The minimum atomic E-state index is -3.98. The number of hydrogen-bond donors (Lipinski definition) is 3. The monoisotopic (exact) mass is 609 g/mol. The highest BCUT2D eigenvalue weighted by atomic mass is 32.2. The molecule has 43 heavy (non-hydrogen) atoms. The highest BCUT2D eigenvalue weighted by Gasteiger charge is 2.28. The molecule has 1 amide bonds. The number of carbonyl (C=O) groups is 1. The highest BCUT2D eigenvalue weighted by Crippen LogP contribution is 2.39. The third-order valence-corrected chi connectivity index (χ3v) is 8.60. The van der Waals surface area contributed by atoms with Crippen LogP contribution in [-0.2, 0) is 10.2 Å². The summed E-state index contributed by atoms with van der Waals surface area (Å²) in [6.07, 6.45) is 2.98. The SMILES string of the molecule is Cc1ccc2c(NS(=O)(=O)N(C)C)c(F)ccc2c1Oc1ncccc1-c1ccnc(N[C@H]2C[C@@H](C)CN(C(=O)O)C2)n1. The second-order valence-corrected chi connectivity index (χ2v) is 12.6. The standard InChI is InChI=1S/C29H32FN7O5S/c1-17-14-19(16-37(15-17)29(38)39)33-28-32-13-11-24(34-28)22-6-5-12-31-27(22)42-26-18(2)7-8-20-21(26)9-10-23(30)25(20)35-43(40,41)36(3)4/h5-13,17,19,35H,14-16H2,1-4H3,(H,38,39)(H,32,33,34)/t17-,19+/m1/s1. The van der Waals surface area contributed by atoms with E-state index in [-0.39, 0.29) is 23.5 Å². The summed E-state index contributed by atoms with van der Waals surface area (Å²) in [5.74, 6) is 0.392. The zero-order valence-corrected chi connectivity index (χ0v) is 24.9. The number of nitrogens with one attached hydrogen (secondary N) is 2. The molecule has 3 heterocycles. The Kier molecular flexibility index (Phi) is 8.33. The van der Waals surface area contributed by atoms with Crippen LogP contribution in [0, 0.1) is 18.7 Å². The normalized spacial score (nSPS) is 17.2. The number of amides is 1. The van der Waals surface area contributed by atoms with E-state index in [9.17, 15) is 22.7 Å². The number of rotatable bonds is 8. The lowest BCUT2D eigenvalue weighted by Gasteiger charge is -2.35. The Morgan fingerprint density at radius 3 is 2.60 bits per heavy atom. The molecular formula is C29H32FN7O5S. The number of aromatic nitrogens is 3. The summed E-state index contributed by atoms with van der Waals surface area (Å²) in [5, 5.41) is 13.5. The van der Waals surface area contributed by atoms with Gasteiger partial charge in [-0.05, 0) is 55.2 Å². The number of ether oxygens (including phenoxy) is 1. The van der Waals surface area contributed by atoms with Crippen LogP contribution >= 0.6 is 0 Å². The number of benzene rings is 2. The predicted molar refractivity (Wildman–Crippen MR) is 161 cm³/mol. The van der Waals surface area contributed by atoms with Gasteiger partial charge in [0.25, 0.3) is 0 Å². The Morgan fingerprint density at radius 2 is 1.86 bits per heavy atom. The second kappa shape index (κ2) is 12.0. The summed E-state index contributed by atoms with van der Waals surface area (Å²) in [6.45, 7) is 4.63. The van der Waals surface area contributed by atoms with Crippen molar-refractivity contribution in [1.29, 1.82) is 0 Å². The average Bonchev–Trinajstić information content (AvgIpc) is 2.96. The summed E-state index contributed by atoms with van der Waals surface area (Å²) >= 11 is 0. The predicted octanol–water partition coefficient (Wildman–Crippen LogP) is 4.95. The van der Waals surface area contributed by atoms with Crippen molar-refractivity contribution in [3.8, 4) is 22.9 Å². The molecule has 1 aliphatic rings. The van der Waals surface area contributed by atoms with E-state index < -0.39 is 22.1 Å². The molecule has 12 nitrogen and oxygen atoms in total. The Bertz CT molecular complexity index is 1790. The molecule has 1 aliphatic heterocycles. The number of pyridine rings is 1. The minimum absolute atomic E-state index is 0.155. The van der Waals surface area contributed by atoms with Crippen molar-refractivity contribution < 1.29 is 27.4 Å². The summed E-state index contributed by atoms with van der Waals surface area (Å²) in [4.78, 5) is 26.4. The molecule has 2 aromatic heterocycles. The van der Waals surface area contributed by atoms with Gasteiger partial charge in [0.1, 0.15) is 11.6 Å². The van der Waals surface area contributed by atoms with Crippen molar-refractivity contribution in [2.75, 3.05) is 37.2 Å². The van der Waals surface area contributed by atoms with Crippen LogP contribution in [0.2, 0.25) is 0 Å². The molecule has 0 aliphatic carbocycles. The van der Waals surface area contributed by atoms with Gasteiger partial charge in [-0.25, -0.2) is 24.1 Å². The van der Waals surface area contributed by atoms with Gasteiger partial charge in [-0.3, -0.25) is 4.72 Å². The molecule has 0 unspecified atom stereocenters. The van der Waals surface area contributed by atoms with Crippen LogP contribution in [0.15, 0.2) is 54.9 Å². The lowest BCUT2D eigenvalue weighted by molar-refractivity contribution is 0.119. The first-order valence-electron chi connectivity index (χ1n) is 13.6. The maximum Gasteiger partial charge on any atom is 0.407 e. The summed E-state index contributed by atoms with van der Waals surface area (Å²) < 4.78 is 49.6. The second-order valence-electron chi connectivity index (χ2n) is 10.7. The zero-order valence-electron chi connectivity index (χ0n) is 24.1. The first-order chi connectivity index (χ1) is 20.4. The molecule has 3 N–H and O–H groups in total. The van der Waals surface area contributed by atoms with E-state index >= 15 is 0 Å². The van der Waals surface area contributed by atoms with Crippen LogP contribution in [0.5, 0.6) is 11.6 Å². The number of hydrogen-bond acceptors (Lipinski definition) is 8. The van der Waals surface area contributed by atoms with Crippen LogP contribution in [0.3, 0.4) is 0 Å². The molecule has 1 fully saturated rings. The number of nitrogens with zero attached hydrogens (tertiary/aromatic N) is 5. The van der Waals surface area contributed by atoms with Crippen molar-refractivity contribution in [3.63, 3.8) is 0 Å². The van der Waals surface area contributed by atoms with Gasteiger partial charge in [0, 0.05) is 56.4 Å². The van der Waals surface area contributed by atoms with E-state index in [2.05, 4.69) is 25.0 Å². The van der Waals surface area contributed by atoms with E-state index in [0.29, 0.717) is 46.8 Å². The van der Waals surface area contributed by atoms with Crippen LogP contribution < -0.4 is 14.8 Å². The largest absolute Gasteiger partial charge is 0.465 e. The molecule has 4 aromatic rings. The number of anilines is 2. The molecule has 0 bridgehead atoms. The Balaban J connectivity index is 1.48. The van der Waals surface area contributed by atoms with E-state index in [1.165, 1.54) is 31.1 Å². The lowest BCUT2D eigenvalue weighted by atomic mass is 9.96. The van der Waals surface area contributed by atoms with Gasteiger partial charge in [-0.15, -0.1) is 0 Å². The maximum absolute atomic E-state index is 14.9. The van der Waals surface area contributed by atoms with Crippen LogP contribution in [-0.4, -0.2) is 77.0 Å². The minimum Gasteiger partial charge on any atom is -0.465 e. The molecule has 14 heteroatoms. The number of likely N-dealkylation sites (tertiary alicyclic amines) is 1. The fourth-order valence-corrected chi connectivity index (χ4v) is 5.70. The number of piperidine rings is 1. The van der Waals surface area contributed by atoms with Crippen molar-refractivity contribution in [3.05, 3.63) is 66.2 Å². The topological polar surface area (TPSA) is 150 Å². The zero-order chi connectivity index (χ0) is 30.9. The van der Waals surface area contributed by atoms with Gasteiger partial charge in [0.05, 0.1) is 16.9 Å². The molecule has 226 valence electrons. The van der Waals surface area contributed by atoms with E-state index in [0.717, 1.165) is 16.3 Å². The molecule has 2 atom stereocenters. The fourth-order valence-electron chi connectivity index (χ4n) is 5.06. The molecular weight excluding hydrogens is 577 g/mol. The number of fused-ring (bicyclic) bond motifs is 1. The summed E-state index contributed by atoms with van der Waals surface area (Å²) in [7, 11) is -1.28. The molecule has 0 saturated carbocycles. The van der Waals surface area contributed by atoms with Gasteiger partial charge in [-0.1, -0.05) is 19.1 Å². The Hall–Kier alpha value is -4.56. The summed E-state index contributed by atoms with van der Waals surface area (Å²) in [5.41, 5.74) is 1.60. The molecule has 1 saturated heterocycles. The van der Waals surface area contributed by atoms with E-state index in [1.807, 2.05) is 13.8 Å². The van der Waals surface area contributed by atoms with Gasteiger partial charge in [0.15, 0.2) is 0 Å². The van der Waals surface area contributed by atoms with Crippen molar-refractivity contribution in [2.45, 2.75) is 26.3 Å². The van der Waals surface area contributed by atoms with Crippen molar-refractivity contribution in [1.82, 2.24) is 24.2 Å². The average molecular weight is 610 g/mol. The Morgan fingerprint density at radius 1 is 1.09 bits per heavy atom. The number of halogens is 1. The third-order valence-electron chi connectivity index (χ3n) is 7.17. The number of carboxylic acid groups (broad SMARTS) is 1. The number of aryl methyl sites for hydroxylation is 1. The highest BCUT2D eigenvalue weighted by molar-refractivity contribution is 7.90. The fraction of sp³-hybridized carbons (Fsp3) is 0.310. The van der Waals surface area contributed by atoms with Gasteiger partial charge in [-0.2, -0.15) is 12.7 Å². The van der Waals surface area contributed by atoms with Crippen LogP contribution in [0.4, 0.5) is 20.8 Å². The molecule has 0 radical (unpaired) electrons. The molecule has 2 aromatic carbocycles. The van der Waals surface area contributed by atoms with Crippen molar-refractivity contribution in [2.24, 2.45) is 5.92 Å². The summed E-state index contributed by atoms with van der Waals surface area (Å²) in [6, 6.07) is 11.1. The van der Waals surface area contributed by atoms with Gasteiger partial charge in [0.2, 0.25) is 11.8 Å². The third kappa shape index (κ3) is 6.44. The maximum atomic E-state index is 14.9. The van der Waals surface area contributed by atoms with Gasteiger partial charge >= 0.3 is 16.3 Å². The quantitative estimate of drug-likeness (QED) is 0.252. The van der Waals surface area contributed by atoms with Crippen LogP contribution in [0.1, 0.15) is 18.9 Å². The van der Waals surface area contributed by atoms with Crippen molar-refractivity contribution >= 4 is 38.7 Å². The van der Waals surface area contributed by atoms with Crippen LogP contribution in [0.25, 0.3) is 22.0 Å². The van der Waals surface area contributed by atoms with E-state index in [4.69, 9.17) is 4.74 Å².